The van der Waals surface area contributed by atoms with Crippen LogP contribution in [0.1, 0.15) is 29.4 Å². The van der Waals surface area contributed by atoms with Gasteiger partial charge in [0.1, 0.15) is 0 Å². The maximum Gasteiger partial charge on any atom is 0.254 e. The van der Waals surface area contributed by atoms with Crippen molar-refractivity contribution in [2.24, 2.45) is 0 Å². The summed E-state index contributed by atoms with van der Waals surface area (Å²) in [5.74, 6) is -0.0576. The van der Waals surface area contributed by atoms with Gasteiger partial charge in [0, 0.05) is 12.2 Å². The Hall–Kier alpha value is -1.36. The Bertz CT molecular complexity index is 308. The number of H-pyrrole nitrogens is 1. The van der Waals surface area contributed by atoms with Gasteiger partial charge in [0.2, 0.25) is 0 Å². The minimum Gasteiger partial charge on any atom is -0.352 e. The highest BCUT2D eigenvalue weighted by Crippen LogP contribution is 2.01. The third kappa shape index (κ3) is 3.71. The van der Waals surface area contributed by atoms with Gasteiger partial charge < -0.3 is 10.6 Å². The van der Waals surface area contributed by atoms with E-state index in [0.29, 0.717) is 12.1 Å². The number of rotatable bonds is 6. The third-order valence-corrected chi connectivity index (χ3v) is 2.14. The molecule has 3 N–H and O–H groups in total. The molecule has 1 aromatic rings. The van der Waals surface area contributed by atoms with Crippen molar-refractivity contribution < 1.29 is 4.79 Å². The van der Waals surface area contributed by atoms with Crippen molar-refractivity contribution in [2.75, 3.05) is 19.6 Å². The highest BCUT2D eigenvalue weighted by atomic mass is 16.1. The topological polar surface area (TPSA) is 69.8 Å². The van der Waals surface area contributed by atoms with Gasteiger partial charge in [-0.05, 0) is 26.4 Å². The summed E-state index contributed by atoms with van der Waals surface area (Å²) in [5, 5.41) is 12.6. The Kier molecular flexibility index (Phi) is 4.83. The predicted octanol–water partition coefficient (Wildman–Crippen LogP) is 0.448. The van der Waals surface area contributed by atoms with Crippen molar-refractivity contribution >= 4 is 5.91 Å². The van der Waals surface area contributed by atoms with E-state index in [1.807, 2.05) is 6.92 Å². The molecule has 5 nitrogen and oxygen atoms in total. The van der Waals surface area contributed by atoms with Crippen molar-refractivity contribution in [3.05, 3.63) is 17.5 Å². The Morgan fingerprint density at radius 2 is 2.33 bits per heavy atom. The average molecular weight is 210 g/mol. The summed E-state index contributed by atoms with van der Waals surface area (Å²) in [5.41, 5.74) is 1.43. The molecule has 1 heterocycles. The van der Waals surface area contributed by atoms with E-state index in [0.717, 1.165) is 25.2 Å². The molecule has 0 aliphatic rings. The highest BCUT2D eigenvalue weighted by molar-refractivity contribution is 5.94. The summed E-state index contributed by atoms with van der Waals surface area (Å²) in [7, 11) is 0. The highest BCUT2D eigenvalue weighted by Gasteiger charge is 2.08. The molecule has 84 valence electrons. The van der Waals surface area contributed by atoms with Gasteiger partial charge in [-0.1, -0.05) is 6.92 Å². The first-order valence-corrected chi connectivity index (χ1v) is 5.24. The molecular formula is C10H18N4O. The molecule has 1 amide bonds. The number of carbonyl (C=O) groups excluding carboxylic acids is 1. The van der Waals surface area contributed by atoms with Gasteiger partial charge in [-0.25, -0.2) is 0 Å². The van der Waals surface area contributed by atoms with Crippen LogP contribution in [0.15, 0.2) is 6.20 Å². The predicted molar refractivity (Wildman–Crippen MR) is 58.8 cm³/mol. The van der Waals surface area contributed by atoms with Gasteiger partial charge in [-0.3, -0.25) is 9.89 Å². The summed E-state index contributed by atoms with van der Waals surface area (Å²) in [6, 6.07) is 0. The minimum absolute atomic E-state index is 0.0576. The first-order valence-electron chi connectivity index (χ1n) is 5.24. The van der Waals surface area contributed by atoms with Crippen LogP contribution < -0.4 is 10.6 Å². The second-order valence-electron chi connectivity index (χ2n) is 3.37. The van der Waals surface area contributed by atoms with Gasteiger partial charge >= 0.3 is 0 Å². The normalized spacial score (nSPS) is 10.3. The number of aryl methyl sites for hydroxylation is 1. The van der Waals surface area contributed by atoms with Gasteiger partial charge in [-0.15, -0.1) is 0 Å². The fraction of sp³-hybridized carbons (Fsp3) is 0.600. The average Bonchev–Trinajstić information content (AvgIpc) is 2.64. The van der Waals surface area contributed by atoms with Gasteiger partial charge in [0.15, 0.2) is 0 Å². The lowest BCUT2D eigenvalue weighted by Gasteiger charge is -2.04. The number of hydrogen-bond donors (Lipinski definition) is 3. The van der Waals surface area contributed by atoms with E-state index in [4.69, 9.17) is 0 Å². The molecule has 0 fully saturated rings. The molecule has 1 aromatic heterocycles. The zero-order chi connectivity index (χ0) is 11.1. The molecule has 0 aliphatic carbocycles. The lowest BCUT2D eigenvalue weighted by atomic mass is 10.2. The zero-order valence-electron chi connectivity index (χ0n) is 9.26. The lowest BCUT2D eigenvalue weighted by molar-refractivity contribution is 0.0952. The minimum atomic E-state index is -0.0576. The Balaban J connectivity index is 2.22. The molecule has 0 spiro atoms. The van der Waals surface area contributed by atoms with Crippen LogP contribution >= 0.6 is 0 Å². The number of amides is 1. The van der Waals surface area contributed by atoms with Crippen LogP contribution in [0.25, 0.3) is 0 Å². The number of carbonyl (C=O) groups is 1. The summed E-state index contributed by atoms with van der Waals surface area (Å²) in [4.78, 5) is 11.6. The standard InChI is InChI=1S/C10H18N4O/c1-3-11-5-4-6-12-10(15)9-7-13-14-8(9)2/h7,11H,3-6H2,1-2H3,(H,12,15)(H,13,14). The second-order valence-corrected chi connectivity index (χ2v) is 3.37. The van der Waals surface area contributed by atoms with E-state index in [-0.39, 0.29) is 5.91 Å². The largest absolute Gasteiger partial charge is 0.352 e. The van der Waals surface area contributed by atoms with Gasteiger partial charge in [0.25, 0.3) is 5.91 Å². The van der Waals surface area contributed by atoms with Gasteiger partial charge in [0.05, 0.1) is 11.8 Å². The van der Waals surface area contributed by atoms with E-state index in [1.165, 1.54) is 0 Å². The van der Waals surface area contributed by atoms with Crippen molar-refractivity contribution in [2.45, 2.75) is 20.3 Å². The quantitative estimate of drug-likeness (QED) is 0.597. The van der Waals surface area contributed by atoms with Gasteiger partial charge in [-0.2, -0.15) is 5.10 Å². The zero-order valence-corrected chi connectivity index (χ0v) is 9.26. The molecule has 0 saturated carbocycles. The van der Waals surface area contributed by atoms with Crippen molar-refractivity contribution in [3.63, 3.8) is 0 Å². The first-order chi connectivity index (χ1) is 7.25. The Morgan fingerprint density at radius 1 is 1.53 bits per heavy atom. The van der Waals surface area contributed by atoms with E-state index in [1.54, 1.807) is 6.20 Å². The maximum absolute atomic E-state index is 11.6. The van der Waals surface area contributed by atoms with Crippen LogP contribution in [0.2, 0.25) is 0 Å². The molecule has 0 unspecified atom stereocenters. The molecular weight excluding hydrogens is 192 g/mol. The summed E-state index contributed by atoms with van der Waals surface area (Å²) >= 11 is 0. The SMILES string of the molecule is CCNCCCNC(=O)c1cn[nH]c1C. The van der Waals surface area contributed by atoms with Crippen LogP contribution in [-0.4, -0.2) is 35.7 Å². The molecule has 0 aliphatic heterocycles. The molecule has 0 radical (unpaired) electrons. The summed E-state index contributed by atoms with van der Waals surface area (Å²) in [6.07, 6.45) is 2.49. The van der Waals surface area contributed by atoms with Crippen molar-refractivity contribution in [3.8, 4) is 0 Å². The summed E-state index contributed by atoms with van der Waals surface area (Å²) < 4.78 is 0. The number of nitrogens with zero attached hydrogens (tertiary/aromatic N) is 1. The van der Waals surface area contributed by atoms with E-state index in [2.05, 4.69) is 27.8 Å². The molecule has 0 bridgehead atoms. The summed E-state index contributed by atoms with van der Waals surface area (Å²) in [6.45, 7) is 6.49. The van der Waals surface area contributed by atoms with Crippen molar-refractivity contribution in [1.82, 2.24) is 20.8 Å². The maximum atomic E-state index is 11.6. The van der Waals surface area contributed by atoms with E-state index in [9.17, 15) is 4.79 Å². The van der Waals surface area contributed by atoms with Crippen LogP contribution in [0.4, 0.5) is 0 Å². The monoisotopic (exact) mass is 210 g/mol. The Morgan fingerprint density at radius 3 is 2.93 bits per heavy atom. The van der Waals surface area contributed by atoms with Crippen molar-refractivity contribution in [1.29, 1.82) is 0 Å². The van der Waals surface area contributed by atoms with Crippen LogP contribution in [0.5, 0.6) is 0 Å². The number of aromatic amines is 1. The number of nitrogens with one attached hydrogen (secondary N) is 3. The smallest absolute Gasteiger partial charge is 0.254 e. The van der Waals surface area contributed by atoms with E-state index >= 15 is 0 Å². The third-order valence-electron chi connectivity index (χ3n) is 2.14. The van der Waals surface area contributed by atoms with Crippen LogP contribution in [-0.2, 0) is 0 Å². The molecule has 0 saturated heterocycles. The lowest BCUT2D eigenvalue weighted by Crippen LogP contribution is -2.27. The molecule has 1 rings (SSSR count). The molecule has 0 atom stereocenters. The molecule has 5 heteroatoms. The molecule has 0 aromatic carbocycles. The van der Waals surface area contributed by atoms with Crippen LogP contribution in [0.3, 0.4) is 0 Å². The first kappa shape index (κ1) is 11.7. The van der Waals surface area contributed by atoms with Crippen LogP contribution in [0, 0.1) is 6.92 Å². The van der Waals surface area contributed by atoms with E-state index < -0.39 is 0 Å². The Labute approximate surface area is 89.6 Å². The molecule has 15 heavy (non-hydrogen) atoms. The number of aromatic nitrogens is 2. The number of hydrogen-bond acceptors (Lipinski definition) is 3. The fourth-order valence-corrected chi connectivity index (χ4v) is 1.27. The second kappa shape index (κ2) is 6.19. The fourth-order valence-electron chi connectivity index (χ4n) is 1.27.